The summed E-state index contributed by atoms with van der Waals surface area (Å²) in [5, 5.41) is 0. The lowest BCUT2D eigenvalue weighted by molar-refractivity contribution is -0.929. The molecule has 8 N–H and O–H groups in total. The van der Waals surface area contributed by atoms with Crippen LogP contribution in [0.4, 0.5) is 0 Å². The van der Waals surface area contributed by atoms with Crippen molar-refractivity contribution in [1.82, 2.24) is 0 Å². The first-order chi connectivity index (χ1) is 8.24. The molecule has 0 aromatic rings. The fourth-order valence-electron chi connectivity index (χ4n) is 2.64. The zero-order chi connectivity index (χ0) is 13.0. The molecule has 0 unspecified atom stereocenters. The number of halogens is 1. The van der Waals surface area contributed by atoms with Gasteiger partial charge in [0.2, 0.25) is 0 Å². The summed E-state index contributed by atoms with van der Waals surface area (Å²) in [6, 6.07) is 0. The third-order valence-electron chi connectivity index (χ3n) is 3.94. The number of hydrogen-bond donors (Lipinski definition) is 0. The molecular weight excluding hydrogens is 306 g/mol. The van der Waals surface area contributed by atoms with Crippen molar-refractivity contribution >= 4 is 0 Å². The van der Waals surface area contributed by atoms with Gasteiger partial charge in [0.05, 0.1) is 26.2 Å². The SMILES string of the molecule is CCCC[N+](CCCC)(CCCC)CCCC.O.O.O.O.[Cl-]. The summed E-state index contributed by atoms with van der Waals surface area (Å²) in [4.78, 5) is 0. The molecule has 0 atom stereocenters. The van der Waals surface area contributed by atoms with Crippen LogP contribution in [0.25, 0.3) is 0 Å². The minimum atomic E-state index is 0. The maximum atomic E-state index is 2.33. The number of hydrogen-bond acceptors (Lipinski definition) is 0. The van der Waals surface area contributed by atoms with E-state index < -0.39 is 0 Å². The van der Waals surface area contributed by atoms with Crippen molar-refractivity contribution in [3.05, 3.63) is 0 Å². The van der Waals surface area contributed by atoms with Gasteiger partial charge in [0, 0.05) is 0 Å². The standard InChI is InChI=1S/C16H36N.ClH.4H2O/c1-5-9-13-17(14-10-6-2,15-11-7-3)16-12-8-4;;;;;/h5-16H2,1-4H3;1H;4*1H2/q+1;;;;;/p-1. The molecule has 22 heavy (non-hydrogen) atoms. The summed E-state index contributed by atoms with van der Waals surface area (Å²) in [5.41, 5.74) is 0. The van der Waals surface area contributed by atoms with Crippen molar-refractivity contribution in [2.24, 2.45) is 0 Å². The van der Waals surface area contributed by atoms with Gasteiger partial charge in [-0.25, -0.2) is 0 Å². The van der Waals surface area contributed by atoms with Gasteiger partial charge >= 0.3 is 0 Å². The molecule has 0 aliphatic heterocycles. The van der Waals surface area contributed by atoms with Crippen molar-refractivity contribution in [3.63, 3.8) is 0 Å². The van der Waals surface area contributed by atoms with E-state index in [0.717, 1.165) is 0 Å². The Labute approximate surface area is 144 Å². The quantitative estimate of drug-likeness (QED) is 0.389. The van der Waals surface area contributed by atoms with E-state index in [1.807, 2.05) is 0 Å². The highest BCUT2D eigenvalue weighted by molar-refractivity contribution is 4.49. The van der Waals surface area contributed by atoms with E-state index in [1.165, 1.54) is 82.0 Å². The van der Waals surface area contributed by atoms with E-state index in [1.54, 1.807) is 0 Å². The second kappa shape index (κ2) is 26.0. The first-order valence-corrected chi connectivity index (χ1v) is 8.09. The van der Waals surface area contributed by atoms with Crippen LogP contribution in [0.15, 0.2) is 0 Å². The summed E-state index contributed by atoms with van der Waals surface area (Å²) in [6.07, 6.45) is 11.1. The van der Waals surface area contributed by atoms with Gasteiger partial charge in [0.1, 0.15) is 0 Å². The van der Waals surface area contributed by atoms with Crippen LogP contribution in [0.2, 0.25) is 0 Å². The molecule has 0 saturated carbocycles. The van der Waals surface area contributed by atoms with Crippen molar-refractivity contribution in [2.75, 3.05) is 26.2 Å². The van der Waals surface area contributed by atoms with Crippen LogP contribution in [0.1, 0.15) is 79.1 Å². The molecule has 0 amide bonds. The first kappa shape index (κ1) is 38.0. The molecule has 0 aromatic carbocycles. The minimum absolute atomic E-state index is 0. The normalized spacial score (nSPS) is 9.27. The van der Waals surface area contributed by atoms with Gasteiger partial charge in [0.25, 0.3) is 0 Å². The largest absolute Gasteiger partial charge is 1.00 e. The van der Waals surface area contributed by atoms with Crippen molar-refractivity contribution in [3.8, 4) is 0 Å². The topological polar surface area (TPSA) is 126 Å². The van der Waals surface area contributed by atoms with E-state index in [2.05, 4.69) is 27.7 Å². The lowest BCUT2D eigenvalue weighted by atomic mass is 10.1. The summed E-state index contributed by atoms with van der Waals surface area (Å²) in [6.45, 7) is 15.0. The summed E-state index contributed by atoms with van der Waals surface area (Å²) >= 11 is 0. The lowest BCUT2D eigenvalue weighted by Crippen LogP contribution is -3.00. The van der Waals surface area contributed by atoms with Crippen LogP contribution >= 0.6 is 0 Å². The van der Waals surface area contributed by atoms with Gasteiger partial charge in [-0.15, -0.1) is 0 Å². The molecule has 0 spiro atoms. The van der Waals surface area contributed by atoms with Crippen molar-refractivity contribution < 1.29 is 38.8 Å². The van der Waals surface area contributed by atoms with Gasteiger partial charge in [-0.05, 0) is 25.7 Å². The van der Waals surface area contributed by atoms with E-state index in [0.29, 0.717) is 0 Å². The van der Waals surface area contributed by atoms with E-state index in [-0.39, 0.29) is 34.3 Å². The van der Waals surface area contributed by atoms with Crippen LogP contribution < -0.4 is 12.4 Å². The molecule has 0 saturated heterocycles. The average molecular weight is 350 g/mol. The van der Waals surface area contributed by atoms with E-state index in [9.17, 15) is 0 Å². The molecule has 0 aliphatic rings. The summed E-state index contributed by atoms with van der Waals surface area (Å²) in [5.74, 6) is 0. The molecule has 0 fully saturated rings. The Morgan fingerprint density at radius 3 is 0.773 bits per heavy atom. The zero-order valence-electron chi connectivity index (χ0n) is 15.3. The number of rotatable bonds is 12. The Kier molecular flexibility index (Phi) is 44.9. The van der Waals surface area contributed by atoms with Gasteiger partial charge in [-0.3, -0.25) is 0 Å². The number of quaternary nitrogens is 1. The average Bonchev–Trinajstić information content (AvgIpc) is 2.37. The molecule has 0 rings (SSSR count). The Balaban J connectivity index is -0.000000128. The molecular formula is C16H44ClNO4. The fraction of sp³-hybridized carbons (Fsp3) is 1.00. The Morgan fingerprint density at radius 1 is 0.455 bits per heavy atom. The van der Waals surface area contributed by atoms with Crippen LogP contribution in [0.5, 0.6) is 0 Å². The number of nitrogens with zero attached hydrogens (tertiary/aromatic N) is 1. The highest BCUT2D eigenvalue weighted by Crippen LogP contribution is 2.16. The monoisotopic (exact) mass is 349 g/mol. The first-order valence-electron chi connectivity index (χ1n) is 8.09. The second-order valence-corrected chi connectivity index (χ2v) is 5.65. The summed E-state index contributed by atoms with van der Waals surface area (Å²) in [7, 11) is 0. The molecule has 0 heterocycles. The van der Waals surface area contributed by atoms with Crippen LogP contribution in [0, 0.1) is 0 Å². The van der Waals surface area contributed by atoms with Gasteiger partial charge < -0.3 is 38.8 Å². The van der Waals surface area contributed by atoms with Crippen LogP contribution in [0.3, 0.4) is 0 Å². The fourth-order valence-corrected chi connectivity index (χ4v) is 2.64. The molecule has 0 radical (unpaired) electrons. The van der Waals surface area contributed by atoms with Crippen LogP contribution in [-0.4, -0.2) is 52.6 Å². The van der Waals surface area contributed by atoms with E-state index >= 15 is 0 Å². The minimum Gasteiger partial charge on any atom is -1.00 e. The lowest BCUT2D eigenvalue weighted by Gasteiger charge is -2.39. The third kappa shape index (κ3) is 18.1. The molecule has 144 valence electrons. The van der Waals surface area contributed by atoms with Crippen molar-refractivity contribution in [1.29, 1.82) is 0 Å². The van der Waals surface area contributed by atoms with Crippen molar-refractivity contribution in [2.45, 2.75) is 79.1 Å². The third-order valence-corrected chi connectivity index (χ3v) is 3.94. The predicted octanol–water partition coefficient (Wildman–Crippen LogP) is -1.29. The van der Waals surface area contributed by atoms with Gasteiger partial charge in [-0.1, -0.05) is 53.4 Å². The Morgan fingerprint density at radius 2 is 0.636 bits per heavy atom. The smallest absolute Gasteiger partial charge is 0.0786 e. The van der Waals surface area contributed by atoms with E-state index in [4.69, 9.17) is 0 Å². The summed E-state index contributed by atoms with van der Waals surface area (Å²) < 4.78 is 1.42. The zero-order valence-corrected chi connectivity index (χ0v) is 16.1. The second-order valence-electron chi connectivity index (χ2n) is 5.65. The molecule has 0 aliphatic carbocycles. The molecule has 5 nitrogen and oxygen atoms in total. The number of unbranched alkanes of at least 4 members (excludes halogenated alkanes) is 4. The van der Waals surface area contributed by atoms with Gasteiger partial charge in [0.15, 0.2) is 0 Å². The Bertz CT molecular complexity index is 137. The van der Waals surface area contributed by atoms with Gasteiger partial charge in [-0.2, -0.15) is 0 Å². The molecule has 0 bridgehead atoms. The molecule has 0 aromatic heterocycles. The predicted molar refractivity (Wildman–Crippen MR) is 93.8 cm³/mol. The maximum absolute atomic E-state index is 2.33. The Hall–Kier alpha value is 0.0900. The highest BCUT2D eigenvalue weighted by Gasteiger charge is 2.24. The molecule has 6 heteroatoms. The maximum Gasteiger partial charge on any atom is 0.0786 e. The van der Waals surface area contributed by atoms with Crippen LogP contribution in [-0.2, 0) is 0 Å². The highest BCUT2D eigenvalue weighted by atomic mass is 35.5.